The molecule has 1 N–H and O–H groups in total. The molecule has 2 aromatic carbocycles. The Balaban J connectivity index is 1.73. The number of unbranched alkanes of at least 4 members (excludes halogenated alkanes) is 11. The van der Waals surface area contributed by atoms with Crippen LogP contribution >= 0.6 is 0 Å². The van der Waals surface area contributed by atoms with Gasteiger partial charge in [-0.2, -0.15) is 8.42 Å². The number of aryl methyl sites for hydroxylation is 1. The summed E-state index contributed by atoms with van der Waals surface area (Å²) in [5.41, 5.74) is 1.02. The molecule has 0 heterocycles. The molecule has 0 radical (unpaired) electrons. The van der Waals surface area contributed by atoms with Crippen molar-refractivity contribution in [3.8, 4) is 11.5 Å². The average molecular weight is 447 g/mol. The number of para-hydroxylation sites is 1. The summed E-state index contributed by atoms with van der Waals surface area (Å²) in [6, 6.07) is 13.9. The molecule has 0 fully saturated rings. The smallest absolute Gasteiger partial charge is 0.298 e. The van der Waals surface area contributed by atoms with E-state index in [0.717, 1.165) is 18.4 Å². The van der Waals surface area contributed by atoms with Crippen molar-refractivity contribution in [3.63, 3.8) is 0 Å². The first-order chi connectivity index (χ1) is 15.0. The molecular weight excluding hydrogens is 408 g/mol. The van der Waals surface area contributed by atoms with Crippen LogP contribution in [0.25, 0.3) is 0 Å². The van der Waals surface area contributed by atoms with Crippen molar-refractivity contribution in [2.75, 3.05) is 0 Å². The van der Waals surface area contributed by atoms with E-state index in [2.05, 4.69) is 6.92 Å². The van der Waals surface area contributed by atoms with E-state index in [4.69, 9.17) is 4.74 Å². The molecule has 2 aromatic rings. The molecule has 2 rings (SSSR count). The average Bonchev–Trinajstić information content (AvgIpc) is 2.74. The van der Waals surface area contributed by atoms with Crippen LogP contribution in [0.1, 0.15) is 89.5 Å². The Bertz CT molecular complexity index is 847. The van der Waals surface area contributed by atoms with Gasteiger partial charge in [0.1, 0.15) is 16.4 Å². The quantitative estimate of drug-likeness (QED) is 0.210. The third-order valence-electron chi connectivity index (χ3n) is 5.58. The van der Waals surface area contributed by atoms with Crippen LogP contribution in [0.4, 0.5) is 0 Å². The highest BCUT2D eigenvalue weighted by Crippen LogP contribution is 2.30. The Labute approximate surface area is 188 Å². The summed E-state index contributed by atoms with van der Waals surface area (Å²) in [7, 11) is -4.34. The molecule has 0 saturated carbocycles. The van der Waals surface area contributed by atoms with Gasteiger partial charge in [-0.05, 0) is 42.7 Å². The summed E-state index contributed by atoms with van der Waals surface area (Å²) in [6.45, 7) is 2.26. The summed E-state index contributed by atoms with van der Waals surface area (Å²) in [5.74, 6) is 0.708. The maximum absolute atomic E-state index is 11.7. The van der Waals surface area contributed by atoms with E-state index in [1.54, 1.807) is 24.3 Å². The summed E-state index contributed by atoms with van der Waals surface area (Å²) >= 11 is 0. The lowest BCUT2D eigenvalue weighted by Gasteiger charge is -2.11. The van der Waals surface area contributed by atoms with Crippen molar-refractivity contribution in [2.45, 2.75) is 95.3 Å². The van der Waals surface area contributed by atoms with Gasteiger partial charge in [-0.1, -0.05) is 102 Å². The zero-order valence-corrected chi connectivity index (χ0v) is 19.7. The van der Waals surface area contributed by atoms with Gasteiger partial charge in [0.05, 0.1) is 0 Å². The van der Waals surface area contributed by atoms with Gasteiger partial charge in [0.2, 0.25) is 0 Å². The van der Waals surface area contributed by atoms with Crippen molar-refractivity contribution in [1.29, 1.82) is 0 Å². The molecule has 0 aliphatic heterocycles. The number of hydrogen-bond acceptors (Lipinski definition) is 3. The Morgan fingerprint density at radius 1 is 0.742 bits per heavy atom. The Morgan fingerprint density at radius 2 is 1.29 bits per heavy atom. The summed E-state index contributed by atoms with van der Waals surface area (Å²) in [4.78, 5) is -0.199. The Kier molecular flexibility index (Phi) is 11.7. The van der Waals surface area contributed by atoms with Gasteiger partial charge < -0.3 is 4.74 Å². The van der Waals surface area contributed by atoms with Crippen molar-refractivity contribution in [2.24, 2.45) is 0 Å². The van der Waals surface area contributed by atoms with Gasteiger partial charge in [0.25, 0.3) is 10.1 Å². The lowest BCUT2D eigenvalue weighted by molar-refractivity contribution is 0.449. The lowest BCUT2D eigenvalue weighted by atomic mass is 10.0. The van der Waals surface area contributed by atoms with Crippen LogP contribution in [0.2, 0.25) is 0 Å². The predicted octanol–water partition coefficient (Wildman–Crippen LogP) is 7.97. The van der Waals surface area contributed by atoms with Crippen LogP contribution in [0.15, 0.2) is 53.4 Å². The second-order valence-corrected chi connectivity index (χ2v) is 9.70. The minimum absolute atomic E-state index is 0.171. The van der Waals surface area contributed by atoms with Crippen molar-refractivity contribution >= 4 is 10.1 Å². The van der Waals surface area contributed by atoms with E-state index in [9.17, 15) is 13.0 Å². The van der Waals surface area contributed by atoms with Crippen molar-refractivity contribution < 1.29 is 17.7 Å². The molecule has 0 bridgehead atoms. The van der Waals surface area contributed by atoms with Gasteiger partial charge in [0, 0.05) is 0 Å². The fourth-order valence-corrected chi connectivity index (χ4v) is 4.38. The first-order valence-electron chi connectivity index (χ1n) is 11.8. The van der Waals surface area contributed by atoms with E-state index in [0.29, 0.717) is 5.75 Å². The van der Waals surface area contributed by atoms with Gasteiger partial charge in [0.15, 0.2) is 0 Å². The highest BCUT2D eigenvalue weighted by atomic mass is 32.2. The van der Waals surface area contributed by atoms with Crippen LogP contribution in [0.5, 0.6) is 11.5 Å². The van der Waals surface area contributed by atoms with Crippen LogP contribution in [0, 0.1) is 0 Å². The summed E-state index contributed by atoms with van der Waals surface area (Å²) in [5, 5.41) is 0. The molecule has 0 saturated heterocycles. The van der Waals surface area contributed by atoms with Crippen LogP contribution in [-0.4, -0.2) is 13.0 Å². The maximum atomic E-state index is 11.7. The van der Waals surface area contributed by atoms with E-state index < -0.39 is 10.1 Å². The third-order valence-corrected chi connectivity index (χ3v) is 6.47. The molecular formula is C26H38O4S. The van der Waals surface area contributed by atoms with Crippen molar-refractivity contribution in [1.82, 2.24) is 0 Å². The van der Waals surface area contributed by atoms with Crippen LogP contribution in [0.3, 0.4) is 0 Å². The fourth-order valence-electron chi connectivity index (χ4n) is 3.79. The molecule has 0 aromatic heterocycles. The van der Waals surface area contributed by atoms with Gasteiger partial charge in [-0.15, -0.1) is 0 Å². The van der Waals surface area contributed by atoms with Gasteiger partial charge in [-0.25, -0.2) is 0 Å². The van der Waals surface area contributed by atoms with E-state index in [1.807, 2.05) is 18.2 Å². The topological polar surface area (TPSA) is 63.6 Å². The van der Waals surface area contributed by atoms with Gasteiger partial charge in [-0.3, -0.25) is 4.55 Å². The highest BCUT2D eigenvalue weighted by molar-refractivity contribution is 7.86. The second-order valence-electron chi connectivity index (χ2n) is 8.31. The van der Waals surface area contributed by atoms with E-state index >= 15 is 0 Å². The minimum atomic E-state index is -4.34. The van der Waals surface area contributed by atoms with Crippen LogP contribution < -0.4 is 4.74 Å². The Hall–Kier alpha value is -1.85. The monoisotopic (exact) mass is 446 g/mol. The molecule has 0 aliphatic rings. The molecule has 4 nitrogen and oxygen atoms in total. The molecule has 0 amide bonds. The molecule has 31 heavy (non-hydrogen) atoms. The molecule has 5 heteroatoms. The SMILES string of the molecule is CCCCCCCCCCCCCCc1ccc(S(=O)(=O)O)c(Oc2ccccc2)c1. The second kappa shape index (κ2) is 14.3. The highest BCUT2D eigenvalue weighted by Gasteiger charge is 2.18. The summed E-state index contributed by atoms with van der Waals surface area (Å²) < 4.78 is 38.7. The maximum Gasteiger partial charge on any atom is 0.298 e. The number of ether oxygens (including phenoxy) is 1. The minimum Gasteiger partial charge on any atom is -0.456 e. The first-order valence-corrected chi connectivity index (χ1v) is 13.3. The normalized spacial score (nSPS) is 11.5. The van der Waals surface area contributed by atoms with Crippen LogP contribution in [-0.2, 0) is 16.5 Å². The summed E-state index contributed by atoms with van der Waals surface area (Å²) in [6.07, 6.45) is 16.5. The number of rotatable bonds is 16. The van der Waals surface area contributed by atoms with Gasteiger partial charge >= 0.3 is 0 Å². The van der Waals surface area contributed by atoms with E-state index in [-0.39, 0.29) is 10.6 Å². The lowest BCUT2D eigenvalue weighted by Crippen LogP contribution is -2.02. The molecule has 0 unspecified atom stereocenters. The first kappa shape index (κ1) is 25.4. The molecule has 0 aliphatic carbocycles. The Morgan fingerprint density at radius 3 is 1.84 bits per heavy atom. The number of hydrogen-bond donors (Lipinski definition) is 1. The zero-order valence-electron chi connectivity index (χ0n) is 18.9. The molecule has 0 spiro atoms. The standard InChI is InChI=1S/C26H38O4S/c1-2-3-4-5-6-7-8-9-10-11-12-14-17-23-20-21-26(31(27,28)29)25(22-23)30-24-18-15-13-16-19-24/h13,15-16,18-22H,2-12,14,17H2,1H3,(H,27,28,29). The zero-order chi connectivity index (χ0) is 22.4. The largest absolute Gasteiger partial charge is 0.456 e. The third kappa shape index (κ3) is 10.3. The van der Waals surface area contributed by atoms with Crippen molar-refractivity contribution in [3.05, 3.63) is 54.1 Å². The predicted molar refractivity (Wildman–Crippen MR) is 128 cm³/mol. The fraction of sp³-hybridized carbons (Fsp3) is 0.538. The van der Waals surface area contributed by atoms with E-state index in [1.165, 1.54) is 76.7 Å². The molecule has 172 valence electrons. The number of benzene rings is 2. The molecule has 0 atom stereocenters.